The lowest BCUT2D eigenvalue weighted by Gasteiger charge is -2.17. The number of hydrogen-bond acceptors (Lipinski definition) is 6. The van der Waals surface area contributed by atoms with Crippen LogP contribution < -0.4 is 5.56 Å². The lowest BCUT2D eigenvalue weighted by atomic mass is 9.89. The first-order valence-corrected chi connectivity index (χ1v) is 12.7. The molecule has 3 aromatic heterocycles. The Bertz CT molecular complexity index is 1360. The molecule has 0 bridgehead atoms. The molecule has 0 aliphatic heterocycles. The predicted octanol–water partition coefficient (Wildman–Crippen LogP) is 5.50. The molecule has 1 N–H and O–H groups in total. The third-order valence-corrected chi connectivity index (χ3v) is 8.06. The number of aromatic amines is 1. The van der Waals surface area contributed by atoms with Crippen LogP contribution in [0.5, 0.6) is 0 Å². The van der Waals surface area contributed by atoms with Gasteiger partial charge in [-0.3, -0.25) is 9.36 Å². The van der Waals surface area contributed by atoms with Crippen molar-refractivity contribution in [2.45, 2.75) is 43.6 Å². The van der Waals surface area contributed by atoms with E-state index in [0.29, 0.717) is 29.1 Å². The zero-order chi connectivity index (χ0) is 22.2. The lowest BCUT2D eigenvalue weighted by Crippen LogP contribution is -2.14. The molecule has 6 nitrogen and oxygen atoms in total. The maximum Gasteiger partial charge on any atom is 0.259 e. The molecule has 9 heteroatoms. The van der Waals surface area contributed by atoms with E-state index in [0.717, 1.165) is 46.0 Å². The first-order chi connectivity index (χ1) is 15.5. The van der Waals surface area contributed by atoms with Crippen LogP contribution in [0.4, 0.5) is 0 Å². The molecule has 0 amide bonds. The van der Waals surface area contributed by atoms with Gasteiger partial charge in [0.15, 0.2) is 11.0 Å². The van der Waals surface area contributed by atoms with Gasteiger partial charge in [0.25, 0.3) is 5.56 Å². The Labute approximate surface area is 198 Å². The molecule has 1 unspecified atom stereocenters. The van der Waals surface area contributed by atoms with Crippen molar-refractivity contribution in [1.29, 1.82) is 0 Å². The monoisotopic (exact) mass is 483 g/mol. The minimum absolute atomic E-state index is 0.0351. The fourth-order valence-electron chi connectivity index (χ4n) is 4.10. The largest absolute Gasteiger partial charge is 0.309 e. The van der Waals surface area contributed by atoms with E-state index in [1.165, 1.54) is 22.2 Å². The zero-order valence-corrected chi connectivity index (χ0v) is 20.0. The second kappa shape index (κ2) is 8.84. The average molecular weight is 484 g/mol. The summed E-state index contributed by atoms with van der Waals surface area (Å²) < 4.78 is 2.00. The molecule has 3 heterocycles. The summed E-state index contributed by atoms with van der Waals surface area (Å²) in [4.78, 5) is 22.8. The number of allylic oxidation sites excluding steroid dienone is 1. The average Bonchev–Trinajstić information content (AvgIpc) is 3.34. The third kappa shape index (κ3) is 4.02. The molecule has 1 atom stereocenters. The molecule has 0 saturated heterocycles. The summed E-state index contributed by atoms with van der Waals surface area (Å²) in [6, 6.07) is 7.52. The summed E-state index contributed by atoms with van der Waals surface area (Å²) in [6.07, 6.45) is 4.95. The Morgan fingerprint density at radius 3 is 2.94 bits per heavy atom. The van der Waals surface area contributed by atoms with Crippen LogP contribution in [0.15, 0.2) is 46.9 Å². The van der Waals surface area contributed by atoms with Crippen LogP contribution in [-0.2, 0) is 25.1 Å². The quantitative estimate of drug-likeness (QED) is 0.289. The van der Waals surface area contributed by atoms with Gasteiger partial charge < -0.3 is 4.98 Å². The van der Waals surface area contributed by atoms with E-state index >= 15 is 0 Å². The highest BCUT2D eigenvalue weighted by molar-refractivity contribution is 7.98. The van der Waals surface area contributed by atoms with Crippen molar-refractivity contribution in [1.82, 2.24) is 24.7 Å². The Morgan fingerprint density at radius 2 is 2.16 bits per heavy atom. The fourth-order valence-corrected chi connectivity index (χ4v) is 6.44. The molecule has 32 heavy (non-hydrogen) atoms. The summed E-state index contributed by atoms with van der Waals surface area (Å²) in [5, 5.41) is 11.0. The number of thioether (sulfide) groups is 1. The van der Waals surface area contributed by atoms with Gasteiger partial charge in [-0.15, -0.1) is 28.1 Å². The second-order valence-corrected chi connectivity index (χ2v) is 10.5. The van der Waals surface area contributed by atoms with Gasteiger partial charge in [0, 0.05) is 22.0 Å². The number of benzene rings is 1. The molecule has 164 valence electrons. The first kappa shape index (κ1) is 21.4. The molecule has 5 rings (SSSR count). The summed E-state index contributed by atoms with van der Waals surface area (Å²) >= 11 is 9.19. The standard InChI is InChI=1S/C23H22ClN5OS2/c1-3-10-29-20(14-5-7-15(24)8-6-14)27-28-23(29)31-12-18-25-21(30)19-16-9-4-13(2)11-17(16)32-22(19)26-18/h3,5-8,13H,1,4,9-12H2,2H3,(H,25,26,30). The van der Waals surface area contributed by atoms with E-state index in [1.807, 2.05) is 34.9 Å². The number of thiophene rings is 1. The van der Waals surface area contributed by atoms with E-state index in [-0.39, 0.29) is 5.56 Å². The normalized spacial score (nSPS) is 15.8. The molecule has 1 aliphatic carbocycles. The molecule has 1 aliphatic rings. The second-order valence-electron chi connectivity index (χ2n) is 8.05. The number of aromatic nitrogens is 5. The molecule has 0 spiro atoms. The molecular weight excluding hydrogens is 462 g/mol. The van der Waals surface area contributed by atoms with Crippen molar-refractivity contribution < 1.29 is 0 Å². The van der Waals surface area contributed by atoms with Crippen molar-refractivity contribution in [3.8, 4) is 11.4 Å². The number of fused-ring (bicyclic) bond motifs is 3. The topological polar surface area (TPSA) is 76.5 Å². The minimum atomic E-state index is -0.0351. The highest BCUT2D eigenvalue weighted by Crippen LogP contribution is 2.36. The number of halogens is 1. The Morgan fingerprint density at radius 1 is 1.34 bits per heavy atom. The Hall–Kier alpha value is -2.42. The van der Waals surface area contributed by atoms with E-state index in [2.05, 4.69) is 28.7 Å². The van der Waals surface area contributed by atoms with Crippen LogP contribution in [0.25, 0.3) is 21.6 Å². The van der Waals surface area contributed by atoms with Gasteiger partial charge in [-0.2, -0.15) is 0 Å². The minimum Gasteiger partial charge on any atom is -0.309 e. The number of nitrogens with one attached hydrogen (secondary N) is 1. The van der Waals surface area contributed by atoms with Crippen LogP contribution in [0.3, 0.4) is 0 Å². The number of rotatable bonds is 6. The van der Waals surface area contributed by atoms with E-state index in [1.54, 1.807) is 11.3 Å². The van der Waals surface area contributed by atoms with Gasteiger partial charge in [-0.25, -0.2) is 4.98 Å². The van der Waals surface area contributed by atoms with Gasteiger partial charge >= 0.3 is 0 Å². The number of hydrogen-bond donors (Lipinski definition) is 1. The van der Waals surface area contributed by atoms with Crippen LogP contribution in [0.2, 0.25) is 5.02 Å². The van der Waals surface area contributed by atoms with Crippen molar-refractivity contribution >= 4 is 44.9 Å². The highest BCUT2D eigenvalue weighted by atomic mass is 35.5. The molecule has 1 aromatic carbocycles. The third-order valence-electron chi connectivity index (χ3n) is 5.68. The van der Waals surface area contributed by atoms with Crippen LogP contribution in [0.1, 0.15) is 29.6 Å². The number of aryl methyl sites for hydroxylation is 1. The van der Waals surface area contributed by atoms with Crippen LogP contribution in [-0.4, -0.2) is 24.7 Å². The van der Waals surface area contributed by atoms with Crippen LogP contribution >= 0.6 is 34.7 Å². The summed E-state index contributed by atoms with van der Waals surface area (Å²) in [6.45, 7) is 6.71. The van der Waals surface area contributed by atoms with Gasteiger partial charge in [0.2, 0.25) is 0 Å². The van der Waals surface area contributed by atoms with Crippen molar-refractivity contribution in [2.75, 3.05) is 0 Å². The Balaban J connectivity index is 1.42. The predicted molar refractivity (Wildman–Crippen MR) is 132 cm³/mol. The van der Waals surface area contributed by atoms with Crippen molar-refractivity contribution in [3.05, 3.63) is 68.6 Å². The maximum absolute atomic E-state index is 12.9. The lowest BCUT2D eigenvalue weighted by molar-refractivity contribution is 0.509. The molecule has 0 saturated carbocycles. The first-order valence-electron chi connectivity index (χ1n) is 10.5. The molecule has 4 aromatic rings. The number of nitrogens with zero attached hydrogens (tertiary/aromatic N) is 4. The van der Waals surface area contributed by atoms with E-state index < -0.39 is 0 Å². The van der Waals surface area contributed by atoms with Gasteiger partial charge in [0.1, 0.15) is 10.7 Å². The van der Waals surface area contributed by atoms with E-state index in [9.17, 15) is 4.79 Å². The van der Waals surface area contributed by atoms with Gasteiger partial charge in [-0.1, -0.05) is 36.4 Å². The molecule has 0 fully saturated rings. The van der Waals surface area contributed by atoms with Crippen molar-refractivity contribution in [3.63, 3.8) is 0 Å². The number of H-pyrrole nitrogens is 1. The van der Waals surface area contributed by atoms with Crippen LogP contribution in [0, 0.1) is 5.92 Å². The highest BCUT2D eigenvalue weighted by Gasteiger charge is 2.23. The molecular formula is C23H22ClN5OS2. The SMILES string of the molecule is C=CCn1c(SCc2nc3sc4c(c3c(=O)[nH]2)CCC(C)C4)nnc1-c1ccc(Cl)cc1. The van der Waals surface area contributed by atoms with Crippen molar-refractivity contribution in [2.24, 2.45) is 5.92 Å². The molecule has 0 radical (unpaired) electrons. The summed E-state index contributed by atoms with van der Waals surface area (Å²) in [5.74, 6) is 2.57. The maximum atomic E-state index is 12.9. The summed E-state index contributed by atoms with van der Waals surface area (Å²) in [7, 11) is 0. The fraction of sp³-hybridized carbons (Fsp3) is 0.304. The summed E-state index contributed by atoms with van der Waals surface area (Å²) in [5.41, 5.74) is 2.10. The zero-order valence-electron chi connectivity index (χ0n) is 17.6. The Kier molecular flexibility index (Phi) is 5.92. The smallest absolute Gasteiger partial charge is 0.259 e. The van der Waals surface area contributed by atoms with E-state index in [4.69, 9.17) is 16.6 Å². The van der Waals surface area contributed by atoms with Gasteiger partial charge in [-0.05, 0) is 55.0 Å². The van der Waals surface area contributed by atoms with Gasteiger partial charge in [0.05, 0.1) is 11.1 Å².